The molecule has 2 aromatic carbocycles. The van der Waals surface area contributed by atoms with E-state index in [1.165, 1.54) is 0 Å². The molecule has 34 heavy (non-hydrogen) atoms. The molecule has 1 aliphatic heterocycles. The van der Waals surface area contributed by atoms with Gasteiger partial charge in [0, 0.05) is 29.8 Å². The summed E-state index contributed by atoms with van der Waals surface area (Å²) >= 11 is 0. The third-order valence-corrected chi connectivity index (χ3v) is 6.21. The third kappa shape index (κ3) is 4.94. The van der Waals surface area contributed by atoms with Crippen molar-refractivity contribution < 1.29 is 19.1 Å². The summed E-state index contributed by atoms with van der Waals surface area (Å²) in [5, 5.41) is 15.9. The predicted molar refractivity (Wildman–Crippen MR) is 126 cm³/mol. The minimum absolute atomic E-state index is 0.0763. The smallest absolute Gasteiger partial charge is 0.229 e. The summed E-state index contributed by atoms with van der Waals surface area (Å²) in [5.41, 5.74) is 1.83. The molecule has 0 saturated carbocycles. The van der Waals surface area contributed by atoms with Crippen LogP contribution in [-0.2, 0) is 9.59 Å². The van der Waals surface area contributed by atoms with Crippen molar-refractivity contribution in [3.63, 3.8) is 0 Å². The SMILES string of the molecule is COc1cccc2[nH]c(C(=O)C[C@H](C(=O)N[C@H](C#N)C[C@@H]3CCNC3=O)c3ccccc3)cc12. The molecule has 3 aromatic rings. The number of aromatic amines is 1. The summed E-state index contributed by atoms with van der Waals surface area (Å²) in [6, 6.07) is 17.5. The first-order valence-electron chi connectivity index (χ1n) is 11.2. The molecule has 0 radical (unpaired) electrons. The van der Waals surface area contributed by atoms with Gasteiger partial charge in [-0.25, -0.2) is 0 Å². The van der Waals surface area contributed by atoms with Gasteiger partial charge in [-0.3, -0.25) is 14.4 Å². The number of nitrogens with one attached hydrogen (secondary N) is 3. The second kappa shape index (κ2) is 10.2. The molecule has 0 spiro atoms. The van der Waals surface area contributed by atoms with Gasteiger partial charge in [0.15, 0.2) is 5.78 Å². The van der Waals surface area contributed by atoms with E-state index in [4.69, 9.17) is 4.74 Å². The van der Waals surface area contributed by atoms with E-state index in [2.05, 4.69) is 21.7 Å². The number of ketones is 1. The average molecular weight is 459 g/mol. The number of nitriles is 1. The molecule has 0 aliphatic carbocycles. The number of hydrogen-bond acceptors (Lipinski definition) is 5. The van der Waals surface area contributed by atoms with Gasteiger partial charge in [0.2, 0.25) is 11.8 Å². The first kappa shape index (κ1) is 23.1. The van der Waals surface area contributed by atoms with Gasteiger partial charge in [-0.15, -0.1) is 0 Å². The van der Waals surface area contributed by atoms with Crippen molar-refractivity contribution in [2.75, 3.05) is 13.7 Å². The Morgan fingerprint density at radius 1 is 1.21 bits per heavy atom. The summed E-state index contributed by atoms with van der Waals surface area (Å²) in [5.74, 6) is -1.18. The van der Waals surface area contributed by atoms with Gasteiger partial charge >= 0.3 is 0 Å². The maximum absolute atomic E-state index is 13.3. The van der Waals surface area contributed by atoms with Crippen LogP contribution in [0.4, 0.5) is 0 Å². The summed E-state index contributed by atoms with van der Waals surface area (Å²) in [4.78, 5) is 41.5. The van der Waals surface area contributed by atoms with Crippen LogP contribution in [0.15, 0.2) is 54.6 Å². The minimum atomic E-state index is -0.819. The Kier molecular flexibility index (Phi) is 6.93. The average Bonchev–Trinajstić information content (AvgIpc) is 3.48. The van der Waals surface area contributed by atoms with Gasteiger partial charge in [0.1, 0.15) is 11.8 Å². The second-order valence-electron chi connectivity index (χ2n) is 8.40. The van der Waals surface area contributed by atoms with Gasteiger partial charge in [-0.05, 0) is 36.6 Å². The lowest BCUT2D eigenvalue weighted by Gasteiger charge is -2.20. The fraction of sp³-hybridized carbons (Fsp3) is 0.308. The molecule has 0 bridgehead atoms. The predicted octanol–water partition coefficient (Wildman–Crippen LogP) is 3.07. The lowest BCUT2D eigenvalue weighted by molar-refractivity contribution is -0.125. The molecule has 1 aromatic heterocycles. The summed E-state index contributed by atoms with van der Waals surface area (Å²) in [7, 11) is 1.57. The topological polar surface area (TPSA) is 124 Å². The Morgan fingerprint density at radius 2 is 2.00 bits per heavy atom. The number of H-pyrrole nitrogens is 1. The molecular weight excluding hydrogens is 432 g/mol. The lowest BCUT2D eigenvalue weighted by atomic mass is 9.91. The van der Waals surface area contributed by atoms with Gasteiger partial charge < -0.3 is 20.4 Å². The van der Waals surface area contributed by atoms with Crippen LogP contribution in [0.3, 0.4) is 0 Å². The quantitative estimate of drug-likeness (QED) is 0.425. The highest BCUT2D eigenvalue weighted by Gasteiger charge is 2.31. The Hall–Kier alpha value is -4.12. The van der Waals surface area contributed by atoms with Crippen molar-refractivity contribution in [2.45, 2.75) is 31.2 Å². The van der Waals surface area contributed by atoms with Crippen molar-refractivity contribution in [3.8, 4) is 11.8 Å². The minimum Gasteiger partial charge on any atom is -0.496 e. The molecule has 1 fully saturated rings. The van der Waals surface area contributed by atoms with Crippen molar-refractivity contribution >= 4 is 28.5 Å². The van der Waals surface area contributed by atoms with Crippen LogP contribution in [-0.4, -0.2) is 42.3 Å². The number of ether oxygens (including phenoxy) is 1. The zero-order valence-corrected chi connectivity index (χ0v) is 18.8. The Labute approximate surface area is 197 Å². The number of carbonyl (C=O) groups is 3. The maximum Gasteiger partial charge on any atom is 0.229 e. The second-order valence-corrected chi connectivity index (χ2v) is 8.40. The molecule has 8 nitrogen and oxygen atoms in total. The molecule has 0 unspecified atom stereocenters. The van der Waals surface area contributed by atoms with E-state index in [0.29, 0.717) is 30.0 Å². The van der Waals surface area contributed by atoms with Crippen LogP contribution in [0.25, 0.3) is 10.9 Å². The summed E-state index contributed by atoms with van der Waals surface area (Å²) in [6.45, 7) is 0.575. The van der Waals surface area contributed by atoms with Gasteiger partial charge in [0.05, 0.1) is 24.8 Å². The maximum atomic E-state index is 13.3. The molecule has 2 amide bonds. The monoisotopic (exact) mass is 458 g/mol. The number of rotatable bonds is 9. The van der Waals surface area contributed by atoms with E-state index in [-0.39, 0.29) is 30.4 Å². The van der Waals surface area contributed by atoms with E-state index in [1.54, 1.807) is 37.4 Å². The zero-order valence-electron chi connectivity index (χ0n) is 18.8. The number of carbonyl (C=O) groups excluding carboxylic acids is 3. The van der Waals surface area contributed by atoms with Crippen LogP contribution < -0.4 is 15.4 Å². The number of methoxy groups -OCH3 is 1. The Bertz CT molecular complexity index is 1240. The summed E-state index contributed by atoms with van der Waals surface area (Å²) < 4.78 is 5.37. The van der Waals surface area contributed by atoms with E-state index in [0.717, 1.165) is 10.9 Å². The molecular formula is C26H26N4O4. The lowest BCUT2D eigenvalue weighted by Crippen LogP contribution is -2.39. The number of aromatic nitrogens is 1. The highest BCUT2D eigenvalue weighted by atomic mass is 16.5. The van der Waals surface area contributed by atoms with E-state index >= 15 is 0 Å². The number of benzene rings is 2. The molecule has 1 saturated heterocycles. The van der Waals surface area contributed by atoms with Gasteiger partial charge in [-0.1, -0.05) is 36.4 Å². The highest BCUT2D eigenvalue weighted by molar-refractivity contribution is 6.03. The van der Waals surface area contributed by atoms with Crippen LogP contribution in [0.1, 0.15) is 41.2 Å². The largest absolute Gasteiger partial charge is 0.496 e. The fourth-order valence-corrected chi connectivity index (χ4v) is 4.37. The highest BCUT2D eigenvalue weighted by Crippen LogP contribution is 2.28. The molecule has 3 atom stereocenters. The van der Waals surface area contributed by atoms with Crippen LogP contribution >= 0.6 is 0 Å². The first-order valence-corrected chi connectivity index (χ1v) is 11.2. The van der Waals surface area contributed by atoms with Crippen molar-refractivity contribution in [3.05, 3.63) is 65.9 Å². The van der Waals surface area contributed by atoms with Gasteiger partial charge in [0.25, 0.3) is 0 Å². The first-order chi connectivity index (χ1) is 16.5. The molecule has 8 heteroatoms. The van der Waals surface area contributed by atoms with E-state index < -0.39 is 17.9 Å². The van der Waals surface area contributed by atoms with Crippen LogP contribution in [0.5, 0.6) is 5.75 Å². The normalized spacial score (nSPS) is 16.9. The Morgan fingerprint density at radius 3 is 2.68 bits per heavy atom. The van der Waals surface area contributed by atoms with E-state index in [1.807, 2.05) is 24.3 Å². The number of Topliss-reactive ketones (excluding diaryl/α,β-unsaturated/α-hetero) is 1. The number of amides is 2. The van der Waals surface area contributed by atoms with Crippen LogP contribution in [0.2, 0.25) is 0 Å². The van der Waals surface area contributed by atoms with Crippen LogP contribution in [0, 0.1) is 17.2 Å². The standard InChI is InChI=1S/C26H26N4O4/c1-34-24-9-5-8-21-20(24)13-22(30-21)23(31)14-19(16-6-3-2-4-7-16)26(33)29-18(15-27)12-17-10-11-28-25(17)32/h2-9,13,17-19,30H,10-12,14H2,1H3,(H,28,32)(H,29,33)/t17-,18-,19-/m0/s1. The fourth-order valence-electron chi connectivity index (χ4n) is 4.37. The third-order valence-electron chi connectivity index (χ3n) is 6.21. The zero-order chi connectivity index (χ0) is 24.1. The van der Waals surface area contributed by atoms with Crippen molar-refractivity contribution in [1.82, 2.24) is 15.6 Å². The number of fused-ring (bicyclic) bond motifs is 1. The molecule has 174 valence electrons. The number of hydrogen-bond donors (Lipinski definition) is 3. The number of nitrogens with zero attached hydrogens (tertiary/aromatic N) is 1. The van der Waals surface area contributed by atoms with Crippen molar-refractivity contribution in [2.24, 2.45) is 5.92 Å². The molecule has 4 rings (SSSR count). The van der Waals surface area contributed by atoms with Gasteiger partial charge in [-0.2, -0.15) is 5.26 Å². The molecule has 1 aliphatic rings. The van der Waals surface area contributed by atoms with Crippen molar-refractivity contribution in [1.29, 1.82) is 5.26 Å². The van der Waals surface area contributed by atoms with E-state index in [9.17, 15) is 19.6 Å². The summed E-state index contributed by atoms with van der Waals surface area (Å²) in [6.07, 6.45) is 0.801. The molecule has 3 N–H and O–H groups in total. The Balaban J connectivity index is 1.54. The molecule has 2 heterocycles.